The van der Waals surface area contributed by atoms with Crippen molar-refractivity contribution in [3.05, 3.63) is 71.2 Å². The number of halogens is 1. The first-order valence-electron chi connectivity index (χ1n) is 11.1. The Balaban J connectivity index is 1.47. The van der Waals surface area contributed by atoms with E-state index in [0.29, 0.717) is 42.7 Å². The fourth-order valence-electron chi connectivity index (χ4n) is 4.25. The number of nitrogens with zero attached hydrogens (tertiary/aromatic N) is 4. The second-order valence-corrected chi connectivity index (χ2v) is 8.21. The van der Waals surface area contributed by atoms with Gasteiger partial charge in [-0.1, -0.05) is 6.07 Å². The van der Waals surface area contributed by atoms with Gasteiger partial charge in [0.1, 0.15) is 17.3 Å². The maximum atomic E-state index is 13.7. The summed E-state index contributed by atoms with van der Waals surface area (Å²) in [6, 6.07) is 13.1. The Bertz CT molecular complexity index is 1160. The van der Waals surface area contributed by atoms with Crippen LogP contribution in [0.3, 0.4) is 0 Å². The van der Waals surface area contributed by atoms with Gasteiger partial charge in [-0.2, -0.15) is 4.98 Å². The van der Waals surface area contributed by atoms with Crippen molar-refractivity contribution in [3.8, 4) is 17.4 Å². The number of ether oxygens (including phenoxy) is 2. The Labute approximate surface area is 191 Å². The molecule has 0 atom stereocenters. The van der Waals surface area contributed by atoms with E-state index in [4.69, 9.17) is 19.4 Å². The highest BCUT2D eigenvalue weighted by Gasteiger charge is 2.29. The van der Waals surface area contributed by atoms with Crippen LogP contribution in [0.15, 0.2) is 48.5 Å². The SMILES string of the molecule is COc1ccc(Oc2nc(N3CCCC3)nc3c2CN(C(=O)c2cccc(F)c2)CC3)cc1. The number of hydrogen-bond acceptors (Lipinski definition) is 6. The third kappa shape index (κ3) is 4.46. The van der Waals surface area contributed by atoms with E-state index in [0.717, 1.165) is 42.9 Å². The maximum absolute atomic E-state index is 13.7. The van der Waals surface area contributed by atoms with Gasteiger partial charge in [0.2, 0.25) is 11.8 Å². The summed E-state index contributed by atoms with van der Waals surface area (Å²) >= 11 is 0. The third-order valence-electron chi connectivity index (χ3n) is 6.03. The zero-order valence-corrected chi connectivity index (χ0v) is 18.5. The minimum atomic E-state index is -0.430. The van der Waals surface area contributed by atoms with Gasteiger partial charge in [0, 0.05) is 31.6 Å². The van der Waals surface area contributed by atoms with Gasteiger partial charge >= 0.3 is 0 Å². The lowest BCUT2D eigenvalue weighted by Gasteiger charge is -2.30. The van der Waals surface area contributed by atoms with Crippen LogP contribution >= 0.6 is 0 Å². The lowest BCUT2D eigenvalue weighted by atomic mass is 10.1. The topological polar surface area (TPSA) is 67.8 Å². The van der Waals surface area contributed by atoms with Gasteiger partial charge in [-0.05, 0) is 55.3 Å². The lowest BCUT2D eigenvalue weighted by Crippen LogP contribution is -2.37. The largest absolute Gasteiger partial charge is 0.497 e. The molecule has 33 heavy (non-hydrogen) atoms. The summed E-state index contributed by atoms with van der Waals surface area (Å²) in [6.45, 7) is 2.65. The molecule has 0 radical (unpaired) electrons. The quantitative estimate of drug-likeness (QED) is 0.582. The van der Waals surface area contributed by atoms with E-state index < -0.39 is 5.82 Å². The van der Waals surface area contributed by atoms with Crippen molar-refractivity contribution in [2.24, 2.45) is 0 Å². The molecular formula is C25H25FN4O3. The summed E-state index contributed by atoms with van der Waals surface area (Å²) in [5.41, 5.74) is 1.99. The van der Waals surface area contributed by atoms with Gasteiger partial charge in [-0.25, -0.2) is 9.37 Å². The molecule has 2 aromatic carbocycles. The molecule has 3 heterocycles. The van der Waals surface area contributed by atoms with Crippen molar-refractivity contribution in [1.82, 2.24) is 14.9 Å². The number of rotatable bonds is 5. The smallest absolute Gasteiger partial charge is 0.254 e. The molecule has 1 saturated heterocycles. The summed E-state index contributed by atoms with van der Waals surface area (Å²) in [5, 5.41) is 0. The minimum absolute atomic E-state index is 0.223. The summed E-state index contributed by atoms with van der Waals surface area (Å²) in [5.74, 6) is 1.82. The van der Waals surface area contributed by atoms with E-state index in [1.54, 1.807) is 24.1 Å². The Morgan fingerprint density at radius 1 is 1.00 bits per heavy atom. The zero-order valence-electron chi connectivity index (χ0n) is 18.5. The molecule has 0 spiro atoms. The van der Waals surface area contributed by atoms with E-state index in [1.807, 2.05) is 24.3 Å². The Morgan fingerprint density at radius 2 is 1.76 bits per heavy atom. The van der Waals surface area contributed by atoms with Gasteiger partial charge in [-0.3, -0.25) is 4.79 Å². The average molecular weight is 448 g/mol. The fraction of sp³-hybridized carbons (Fsp3) is 0.320. The van der Waals surface area contributed by atoms with Crippen molar-refractivity contribution in [3.63, 3.8) is 0 Å². The number of benzene rings is 2. The van der Waals surface area contributed by atoms with Gasteiger partial charge in [0.05, 0.1) is 24.9 Å². The van der Waals surface area contributed by atoms with Crippen LogP contribution in [0, 0.1) is 5.82 Å². The molecule has 1 fully saturated rings. The highest BCUT2D eigenvalue weighted by atomic mass is 19.1. The molecular weight excluding hydrogens is 423 g/mol. The zero-order chi connectivity index (χ0) is 22.8. The van der Waals surface area contributed by atoms with E-state index in [-0.39, 0.29) is 5.91 Å². The van der Waals surface area contributed by atoms with Gasteiger partial charge in [-0.15, -0.1) is 0 Å². The normalized spacial score (nSPS) is 15.3. The molecule has 0 N–H and O–H groups in total. The number of carbonyl (C=O) groups excluding carboxylic acids is 1. The Morgan fingerprint density at radius 3 is 2.48 bits per heavy atom. The lowest BCUT2D eigenvalue weighted by molar-refractivity contribution is 0.0731. The number of hydrogen-bond donors (Lipinski definition) is 0. The maximum Gasteiger partial charge on any atom is 0.254 e. The van der Waals surface area contributed by atoms with Crippen molar-refractivity contribution in [1.29, 1.82) is 0 Å². The summed E-state index contributed by atoms with van der Waals surface area (Å²) < 4.78 is 25.1. The molecule has 170 valence electrons. The summed E-state index contributed by atoms with van der Waals surface area (Å²) in [4.78, 5) is 26.5. The van der Waals surface area contributed by atoms with Gasteiger partial charge in [0.15, 0.2) is 0 Å². The molecule has 0 saturated carbocycles. The predicted octanol–water partition coefficient (Wildman–Crippen LogP) is 4.22. The van der Waals surface area contributed by atoms with E-state index >= 15 is 0 Å². The average Bonchev–Trinajstić information content (AvgIpc) is 3.39. The van der Waals surface area contributed by atoms with Crippen molar-refractivity contribution in [2.75, 3.05) is 31.6 Å². The van der Waals surface area contributed by atoms with Gasteiger partial charge in [0.25, 0.3) is 5.91 Å². The molecule has 0 unspecified atom stereocenters. The molecule has 0 aliphatic carbocycles. The van der Waals surface area contributed by atoms with Crippen LogP contribution in [0.25, 0.3) is 0 Å². The Kier molecular flexibility index (Phi) is 5.81. The van der Waals surface area contributed by atoms with Crippen LogP contribution in [0.5, 0.6) is 17.4 Å². The molecule has 2 aliphatic heterocycles. The Hall–Kier alpha value is -3.68. The molecule has 2 aliphatic rings. The van der Waals surface area contributed by atoms with Crippen molar-refractivity contribution >= 4 is 11.9 Å². The molecule has 1 amide bonds. The third-order valence-corrected chi connectivity index (χ3v) is 6.03. The van der Waals surface area contributed by atoms with Crippen LogP contribution < -0.4 is 14.4 Å². The van der Waals surface area contributed by atoms with Crippen molar-refractivity contribution in [2.45, 2.75) is 25.8 Å². The van der Waals surface area contributed by atoms with E-state index in [2.05, 4.69) is 4.90 Å². The van der Waals surface area contributed by atoms with Crippen LogP contribution in [0.2, 0.25) is 0 Å². The van der Waals surface area contributed by atoms with Crippen LogP contribution in [0.1, 0.15) is 34.5 Å². The number of methoxy groups -OCH3 is 1. The monoisotopic (exact) mass is 448 g/mol. The molecule has 7 nitrogen and oxygen atoms in total. The van der Waals surface area contributed by atoms with Gasteiger partial charge < -0.3 is 19.3 Å². The van der Waals surface area contributed by atoms with E-state index in [1.165, 1.54) is 12.1 Å². The first-order valence-corrected chi connectivity index (χ1v) is 11.1. The van der Waals surface area contributed by atoms with E-state index in [9.17, 15) is 9.18 Å². The van der Waals surface area contributed by atoms with Crippen molar-refractivity contribution < 1.29 is 18.7 Å². The number of carbonyl (C=O) groups is 1. The van der Waals surface area contributed by atoms with Crippen LogP contribution in [-0.2, 0) is 13.0 Å². The number of fused-ring (bicyclic) bond motifs is 1. The first kappa shape index (κ1) is 21.2. The number of aromatic nitrogens is 2. The molecule has 8 heteroatoms. The number of amides is 1. The molecule has 5 rings (SSSR count). The highest BCUT2D eigenvalue weighted by molar-refractivity contribution is 5.94. The first-order chi connectivity index (χ1) is 16.1. The second-order valence-electron chi connectivity index (χ2n) is 8.21. The summed E-state index contributed by atoms with van der Waals surface area (Å²) in [6.07, 6.45) is 2.81. The number of anilines is 1. The van der Waals surface area contributed by atoms with Crippen LogP contribution in [0.4, 0.5) is 10.3 Å². The molecule has 3 aromatic rings. The molecule has 1 aromatic heterocycles. The fourth-order valence-corrected chi connectivity index (χ4v) is 4.25. The summed E-state index contributed by atoms with van der Waals surface area (Å²) in [7, 11) is 1.61. The predicted molar refractivity (Wildman–Crippen MR) is 121 cm³/mol. The molecule has 0 bridgehead atoms. The second kappa shape index (κ2) is 9.05. The van der Waals surface area contributed by atoms with Crippen LogP contribution in [-0.4, -0.2) is 47.5 Å². The minimum Gasteiger partial charge on any atom is -0.497 e. The highest BCUT2D eigenvalue weighted by Crippen LogP contribution is 2.33. The standard InChI is InChI=1S/C25H25FN4O3/c1-32-19-7-9-20(10-8-19)33-23-21-16-30(24(31)17-5-4-6-18(26)15-17)14-11-22(21)27-25(28-23)29-12-2-3-13-29/h4-10,15H,2-3,11-14,16H2,1H3.